The molecular formula is C29H40N2O4. The van der Waals surface area contributed by atoms with Crippen LogP contribution in [0.15, 0.2) is 54.6 Å². The molecule has 2 aromatic rings. The van der Waals surface area contributed by atoms with E-state index in [1.807, 2.05) is 30.3 Å². The molecule has 2 saturated carbocycles. The van der Waals surface area contributed by atoms with Gasteiger partial charge < -0.3 is 15.5 Å². The zero-order chi connectivity index (χ0) is 24.1. The topological polar surface area (TPSA) is 89.9 Å². The number of carboxylic acid groups (broad SMARTS) is 1. The summed E-state index contributed by atoms with van der Waals surface area (Å²) < 4.78 is 0. The van der Waals surface area contributed by atoms with Gasteiger partial charge in [-0.15, -0.1) is 0 Å². The van der Waals surface area contributed by atoms with Crippen LogP contribution in [0.2, 0.25) is 0 Å². The summed E-state index contributed by atoms with van der Waals surface area (Å²) in [5, 5.41) is 23.9. The van der Waals surface area contributed by atoms with Crippen LogP contribution in [-0.2, 0) is 17.6 Å². The van der Waals surface area contributed by atoms with Crippen molar-refractivity contribution in [2.75, 3.05) is 6.54 Å². The predicted octanol–water partition coefficient (Wildman–Crippen LogP) is 5.64. The Morgan fingerprint density at radius 3 is 2.46 bits per heavy atom. The van der Waals surface area contributed by atoms with Gasteiger partial charge in [0.15, 0.2) is 0 Å². The Labute approximate surface area is 209 Å². The monoisotopic (exact) mass is 480 g/mol. The molecule has 190 valence electrons. The van der Waals surface area contributed by atoms with E-state index in [4.69, 9.17) is 0 Å². The Hall–Kier alpha value is -3.02. The number of carbonyl (C=O) groups is 2. The van der Waals surface area contributed by atoms with Crippen LogP contribution < -0.4 is 5.32 Å². The number of amides is 2. The number of rotatable bonds is 8. The molecule has 2 aliphatic rings. The largest absolute Gasteiger partial charge is 0.508 e. The highest BCUT2D eigenvalue weighted by molar-refractivity contribution is 5.90. The first-order chi connectivity index (χ1) is 16.4. The lowest BCUT2D eigenvalue weighted by atomic mass is 9.68. The van der Waals surface area contributed by atoms with E-state index in [9.17, 15) is 19.8 Å². The van der Waals surface area contributed by atoms with E-state index in [1.165, 1.54) is 11.3 Å². The number of phenols is 1. The van der Waals surface area contributed by atoms with E-state index in [-0.39, 0.29) is 37.5 Å². The quantitative estimate of drug-likeness (QED) is 0.456. The van der Waals surface area contributed by atoms with Gasteiger partial charge in [-0.1, -0.05) is 68.8 Å². The molecule has 6 heteroatoms. The van der Waals surface area contributed by atoms with Crippen LogP contribution in [-0.4, -0.2) is 45.2 Å². The predicted molar refractivity (Wildman–Crippen MR) is 138 cm³/mol. The van der Waals surface area contributed by atoms with Crippen LogP contribution >= 0.6 is 0 Å². The summed E-state index contributed by atoms with van der Waals surface area (Å²) in [6, 6.07) is 16.6. The van der Waals surface area contributed by atoms with Gasteiger partial charge >= 0.3 is 6.09 Å². The van der Waals surface area contributed by atoms with Crippen molar-refractivity contribution in [3.8, 4) is 5.75 Å². The highest BCUT2D eigenvalue weighted by Gasteiger charge is 2.49. The Morgan fingerprint density at radius 1 is 1.03 bits per heavy atom. The molecule has 2 fully saturated rings. The Kier molecular flexibility index (Phi) is 8.82. The summed E-state index contributed by atoms with van der Waals surface area (Å²) in [5.74, 6) is 0.726. The number of aromatic hydroxyl groups is 1. The van der Waals surface area contributed by atoms with Crippen molar-refractivity contribution in [3.05, 3.63) is 65.7 Å². The van der Waals surface area contributed by atoms with Crippen molar-refractivity contribution in [3.63, 3.8) is 0 Å². The fourth-order valence-electron chi connectivity index (χ4n) is 6.11. The van der Waals surface area contributed by atoms with E-state index >= 15 is 0 Å². The van der Waals surface area contributed by atoms with Crippen molar-refractivity contribution in [1.29, 1.82) is 0 Å². The molecule has 0 spiro atoms. The molecule has 4 atom stereocenters. The molecular weight excluding hydrogens is 440 g/mol. The van der Waals surface area contributed by atoms with Gasteiger partial charge in [0, 0.05) is 19.0 Å². The molecule has 35 heavy (non-hydrogen) atoms. The zero-order valence-corrected chi connectivity index (χ0v) is 20.0. The van der Waals surface area contributed by atoms with Crippen molar-refractivity contribution >= 4 is 12.0 Å². The minimum atomic E-state index is -1.34. The lowest BCUT2D eigenvalue weighted by molar-refractivity contribution is -0.134. The average molecular weight is 481 g/mol. The summed E-state index contributed by atoms with van der Waals surface area (Å²) >= 11 is 0. The highest BCUT2D eigenvalue weighted by atomic mass is 16.4. The van der Waals surface area contributed by atoms with Crippen molar-refractivity contribution < 1.29 is 19.8 Å². The molecule has 4 unspecified atom stereocenters. The fourth-order valence-corrected chi connectivity index (χ4v) is 6.11. The first kappa shape index (κ1) is 26.6. The van der Waals surface area contributed by atoms with Gasteiger partial charge in [0.25, 0.3) is 0 Å². The second-order valence-electron chi connectivity index (χ2n) is 10.2. The third kappa shape index (κ3) is 5.98. The summed E-state index contributed by atoms with van der Waals surface area (Å²) in [4.78, 5) is 27.9. The zero-order valence-electron chi connectivity index (χ0n) is 20.0. The minimum Gasteiger partial charge on any atom is -0.508 e. The molecule has 2 aromatic carbocycles. The van der Waals surface area contributed by atoms with Gasteiger partial charge in [-0.05, 0) is 68.1 Å². The number of fused-ring (bicyclic) bond motifs is 2. The number of nitrogens with zero attached hydrogens (tertiary/aromatic N) is 1. The molecule has 0 aliphatic heterocycles. The van der Waals surface area contributed by atoms with E-state index < -0.39 is 11.6 Å². The van der Waals surface area contributed by atoms with Crippen LogP contribution in [0, 0.1) is 11.8 Å². The van der Waals surface area contributed by atoms with Crippen LogP contribution in [0.25, 0.3) is 0 Å². The van der Waals surface area contributed by atoms with Gasteiger partial charge in [-0.2, -0.15) is 0 Å². The number of carbonyl (C=O) groups excluding carboxylic acids is 1. The van der Waals surface area contributed by atoms with Crippen molar-refractivity contribution in [1.82, 2.24) is 10.2 Å². The highest BCUT2D eigenvalue weighted by Crippen LogP contribution is 2.44. The van der Waals surface area contributed by atoms with E-state index in [1.54, 1.807) is 31.2 Å². The Bertz CT molecular complexity index is 995. The number of hydrogen-bond acceptors (Lipinski definition) is 3. The number of phenolic OH excluding ortho intramolecular Hbond substituents is 1. The number of hydrogen-bond donors (Lipinski definition) is 3. The maximum atomic E-state index is 13.7. The SMILES string of the molecule is C.CC(Cc1ccccc1O)(C(=O)NCCc1ccccc1)N(C(=O)O)C1CCC2CCCC1C2. The molecule has 6 nitrogen and oxygen atoms in total. The summed E-state index contributed by atoms with van der Waals surface area (Å²) in [7, 11) is 0. The molecule has 0 saturated heterocycles. The third-order valence-electron chi connectivity index (χ3n) is 7.87. The standard InChI is InChI=1S/C28H36N2O4.CH4/c1-28(19-23-11-5-6-13-25(23)31,26(32)29-17-16-20-8-3-2-4-9-20)30(27(33)34)24-15-14-21-10-7-12-22(24)18-21;/h2-6,8-9,11,13,21-22,24,31H,7,10,12,14-19H2,1H3,(H,29,32)(H,33,34);1H4. The smallest absolute Gasteiger partial charge is 0.408 e. The normalized spacial score (nSPS) is 22.8. The van der Waals surface area contributed by atoms with Gasteiger partial charge in [0.05, 0.1) is 0 Å². The maximum Gasteiger partial charge on any atom is 0.408 e. The molecule has 0 aromatic heterocycles. The second-order valence-corrected chi connectivity index (χ2v) is 10.2. The number of benzene rings is 2. The fraction of sp³-hybridized carbons (Fsp3) is 0.517. The second kappa shape index (κ2) is 11.6. The molecule has 0 radical (unpaired) electrons. The van der Waals surface area contributed by atoms with E-state index in [0.717, 1.165) is 37.7 Å². The molecule has 2 amide bonds. The number of para-hydroxylation sites is 1. The lowest BCUT2D eigenvalue weighted by Gasteiger charge is -2.50. The van der Waals surface area contributed by atoms with Crippen molar-refractivity contribution in [2.45, 2.75) is 77.3 Å². The number of nitrogens with one attached hydrogen (secondary N) is 1. The van der Waals surface area contributed by atoms with E-state index in [0.29, 0.717) is 24.4 Å². The van der Waals surface area contributed by atoms with Crippen molar-refractivity contribution in [2.24, 2.45) is 11.8 Å². The van der Waals surface area contributed by atoms with Gasteiger partial charge in [0.2, 0.25) is 5.91 Å². The maximum absolute atomic E-state index is 13.7. The summed E-state index contributed by atoms with van der Waals surface area (Å²) in [5.41, 5.74) is 0.351. The van der Waals surface area contributed by atoms with Gasteiger partial charge in [0.1, 0.15) is 11.3 Å². The van der Waals surface area contributed by atoms with Crippen LogP contribution in [0.4, 0.5) is 4.79 Å². The summed E-state index contributed by atoms with van der Waals surface area (Å²) in [6.45, 7) is 2.14. The van der Waals surface area contributed by atoms with Gasteiger partial charge in [-0.3, -0.25) is 9.69 Å². The molecule has 4 rings (SSSR count). The third-order valence-corrected chi connectivity index (χ3v) is 7.87. The Morgan fingerprint density at radius 2 is 1.74 bits per heavy atom. The molecule has 2 aliphatic carbocycles. The minimum absolute atomic E-state index is 0. The lowest BCUT2D eigenvalue weighted by Crippen LogP contribution is -2.65. The first-order valence-electron chi connectivity index (χ1n) is 12.5. The van der Waals surface area contributed by atoms with E-state index in [2.05, 4.69) is 5.32 Å². The first-order valence-corrected chi connectivity index (χ1v) is 12.5. The molecule has 0 heterocycles. The van der Waals surface area contributed by atoms with Crippen LogP contribution in [0.5, 0.6) is 5.75 Å². The molecule has 3 N–H and O–H groups in total. The van der Waals surface area contributed by atoms with Gasteiger partial charge in [-0.25, -0.2) is 4.79 Å². The van der Waals surface area contributed by atoms with Crippen LogP contribution in [0.3, 0.4) is 0 Å². The summed E-state index contributed by atoms with van der Waals surface area (Å²) in [6.07, 6.45) is 5.91. The van der Waals surface area contributed by atoms with Crippen LogP contribution in [0.1, 0.15) is 64.0 Å². The average Bonchev–Trinajstić information content (AvgIpc) is 2.83. The Balaban J connectivity index is 0.00000342. The molecule has 2 bridgehead atoms.